The van der Waals surface area contributed by atoms with Crippen molar-refractivity contribution < 1.29 is 4.43 Å². The predicted octanol–water partition coefficient (Wildman–Crippen LogP) is 1.33. The second-order valence-corrected chi connectivity index (χ2v) is 3.30. The molecule has 1 aromatic rings. The zero-order valence-corrected chi connectivity index (χ0v) is 9.73. The lowest BCUT2D eigenvalue weighted by atomic mass is 10.1. The Morgan fingerprint density at radius 3 is 2.62 bits per heavy atom. The van der Waals surface area contributed by atoms with Crippen LogP contribution >= 0.6 is 0 Å². The maximum Gasteiger partial charge on any atom is 0.146 e. The molecule has 0 bridgehead atoms. The average Bonchev–Trinajstić information content (AvgIpc) is 2.21. The lowest BCUT2D eigenvalue weighted by molar-refractivity contribution is 0.217. The Morgan fingerprint density at radius 1 is 1.38 bits per heavy atom. The minimum atomic E-state index is 0.118. The van der Waals surface area contributed by atoms with E-state index in [4.69, 9.17) is 9.69 Å². The van der Waals surface area contributed by atoms with Crippen LogP contribution in [-0.2, 0) is 4.43 Å². The fourth-order valence-electron chi connectivity index (χ4n) is 1.28. The van der Waals surface area contributed by atoms with Crippen LogP contribution in [0.5, 0.6) is 0 Å². The summed E-state index contributed by atoms with van der Waals surface area (Å²) >= 11 is 0. The molecule has 0 aromatic heterocycles. The van der Waals surface area contributed by atoms with E-state index in [1.807, 2.05) is 30.3 Å². The molecule has 68 valence electrons. The minimum Gasteiger partial charge on any atom is -0.421 e. The van der Waals surface area contributed by atoms with Crippen molar-refractivity contribution in [3.8, 4) is 6.07 Å². The van der Waals surface area contributed by atoms with Crippen molar-refractivity contribution in [1.29, 1.82) is 5.26 Å². The summed E-state index contributed by atoms with van der Waals surface area (Å²) in [6, 6.07) is 12.2. The Hall–Kier alpha value is -1.11. The molecule has 1 aromatic carbocycles. The first-order chi connectivity index (χ1) is 6.38. The van der Waals surface area contributed by atoms with Gasteiger partial charge in [0.05, 0.1) is 12.2 Å². The first kappa shape index (κ1) is 9.97. The van der Waals surface area contributed by atoms with Crippen molar-refractivity contribution in [1.82, 2.24) is 0 Å². The molecule has 0 fully saturated rings. The van der Waals surface area contributed by atoms with Gasteiger partial charge >= 0.3 is 0 Å². The van der Waals surface area contributed by atoms with Crippen LogP contribution < -0.4 is 0 Å². The number of hydrogen-bond donors (Lipinski definition) is 0. The quantitative estimate of drug-likeness (QED) is 0.673. The predicted molar refractivity (Wildman–Crippen MR) is 55.1 cm³/mol. The van der Waals surface area contributed by atoms with E-state index in [0.717, 1.165) is 6.42 Å². The van der Waals surface area contributed by atoms with Gasteiger partial charge < -0.3 is 4.43 Å². The normalized spacial score (nSPS) is 12.2. The van der Waals surface area contributed by atoms with Gasteiger partial charge in [-0.05, 0) is 12.0 Å². The van der Waals surface area contributed by atoms with Crippen molar-refractivity contribution >= 4 is 10.5 Å². The Bertz CT molecular complexity index is 281. The SMILES string of the molecule is N#CCCC(O[SiH3])c1ccccc1. The van der Waals surface area contributed by atoms with Crippen LogP contribution in [0.4, 0.5) is 0 Å². The molecule has 0 amide bonds. The summed E-state index contributed by atoms with van der Waals surface area (Å²) in [5.41, 5.74) is 1.17. The summed E-state index contributed by atoms with van der Waals surface area (Å²) in [5, 5.41) is 8.46. The van der Waals surface area contributed by atoms with Gasteiger partial charge in [-0.2, -0.15) is 5.26 Å². The number of nitriles is 1. The second kappa shape index (κ2) is 5.52. The summed E-state index contributed by atoms with van der Waals surface area (Å²) in [6.45, 7) is 0. The molecule has 13 heavy (non-hydrogen) atoms. The van der Waals surface area contributed by atoms with E-state index >= 15 is 0 Å². The Balaban J connectivity index is 2.63. The Morgan fingerprint density at radius 2 is 2.08 bits per heavy atom. The van der Waals surface area contributed by atoms with Gasteiger partial charge in [-0.1, -0.05) is 30.3 Å². The highest BCUT2D eigenvalue weighted by Crippen LogP contribution is 2.20. The summed E-state index contributed by atoms with van der Waals surface area (Å²) in [5.74, 6) is 0. The number of hydrogen-bond acceptors (Lipinski definition) is 2. The molecular weight excluding hydrogens is 178 g/mol. The molecule has 0 heterocycles. The molecular formula is C10H13NOSi. The van der Waals surface area contributed by atoms with Crippen molar-refractivity contribution in [3.05, 3.63) is 35.9 Å². The maximum absolute atomic E-state index is 8.46. The fourth-order valence-corrected chi connectivity index (χ4v) is 1.79. The summed E-state index contributed by atoms with van der Waals surface area (Å²) < 4.78 is 5.43. The largest absolute Gasteiger partial charge is 0.421 e. The van der Waals surface area contributed by atoms with Gasteiger partial charge in [0.2, 0.25) is 0 Å². The smallest absolute Gasteiger partial charge is 0.146 e. The van der Waals surface area contributed by atoms with Crippen molar-refractivity contribution in [2.24, 2.45) is 0 Å². The average molecular weight is 191 g/mol. The topological polar surface area (TPSA) is 33.0 Å². The molecule has 1 atom stereocenters. The zero-order valence-electron chi connectivity index (χ0n) is 7.73. The molecule has 2 nitrogen and oxygen atoms in total. The first-order valence-corrected chi connectivity index (χ1v) is 5.15. The third-order valence-electron chi connectivity index (χ3n) is 1.97. The molecule has 0 spiro atoms. The highest BCUT2D eigenvalue weighted by Gasteiger charge is 2.07. The molecule has 1 rings (SSSR count). The number of nitrogens with zero attached hydrogens (tertiary/aromatic N) is 1. The lowest BCUT2D eigenvalue weighted by Gasteiger charge is -2.14. The number of rotatable bonds is 4. The minimum absolute atomic E-state index is 0.118. The zero-order chi connectivity index (χ0) is 9.52. The number of benzene rings is 1. The summed E-state index contributed by atoms with van der Waals surface area (Å²) in [6.07, 6.45) is 1.47. The van der Waals surface area contributed by atoms with E-state index in [2.05, 4.69) is 6.07 Å². The van der Waals surface area contributed by atoms with E-state index < -0.39 is 0 Å². The van der Waals surface area contributed by atoms with Crippen molar-refractivity contribution in [3.63, 3.8) is 0 Å². The Kier molecular flexibility index (Phi) is 4.23. The van der Waals surface area contributed by atoms with Gasteiger partial charge in [-0.3, -0.25) is 0 Å². The van der Waals surface area contributed by atoms with Crippen LogP contribution in [0.3, 0.4) is 0 Å². The second-order valence-electron chi connectivity index (χ2n) is 2.83. The first-order valence-electron chi connectivity index (χ1n) is 4.33. The van der Waals surface area contributed by atoms with Crippen LogP contribution in [-0.4, -0.2) is 10.5 Å². The molecule has 0 saturated heterocycles. The molecule has 0 aliphatic rings. The molecule has 1 unspecified atom stereocenters. The molecule has 3 heteroatoms. The van der Waals surface area contributed by atoms with Crippen molar-refractivity contribution in [2.45, 2.75) is 18.9 Å². The van der Waals surface area contributed by atoms with Gasteiger partial charge in [0.25, 0.3) is 0 Å². The van der Waals surface area contributed by atoms with E-state index in [0.29, 0.717) is 16.9 Å². The maximum atomic E-state index is 8.46. The lowest BCUT2D eigenvalue weighted by Crippen LogP contribution is -2.01. The third-order valence-corrected chi connectivity index (χ3v) is 2.54. The summed E-state index contributed by atoms with van der Waals surface area (Å²) in [4.78, 5) is 0. The van der Waals surface area contributed by atoms with E-state index in [9.17, 15) is 0 Å². The van der Waals surface area contributed by atoms with E-state index in [1.54, 1.807) is 0 Å². The van der Waals surface area contributed by atoms with Gasteiger partial charge in [-0.15, -0.1) is 0 Å². The van der Waals surface area contributed by atoms with Gasteiger partial charge in [0, 0.05) is 6.42 Å². The highest BCUT2D eigenvalue weighted by atomic mass is 28.2. The van der Waals surface area contributed by atoms with Crippen LogP contribution in [0, 0.1) is 11.3 Å². The van der Waals surface area contributed by atoms with Crippen LogP contribution in [0.25, 0.3) is 0 Å². The van der Waals surface area contributed by atoms with Gasteiger partial charge in [-0.25, -0.2) is 0 Å². The van der Waals surface area contributed by atoms with Crippen LogP contribution in [0.2, 0.25) is 0 Å². The fraction of sp³-hybridized carbons (Fsp3) is 0.300. The summed E-state index contributed by atoms with van der Waals surface area (Å²) in [7, 11) is 0.714. The molecule has 0 saturated carbocycles. The molecule has 0 aliphatic carbocycles. The van der Waals surface area contributed by atoms with Crippen LogP contribution in [0.15, 0.2) is 30.3 Å². The Labute approximate surface area is 81.7 Å². The van der Waals surface area contributed by atoms with Gasteiger partial charge in [0.15, 0.2) is 0 Å². The van der Waals surface area contributed by atoms with E-state index in [1.165, 1.54) is 5.56 Å². The van der Waals surface area contributed by atoms with E-state index in [-0.39, 0.29) is 6.10 Å². The van der Waals surface area contributed by atoms with Crippen molar-refractivity contribution in [2.75, 3.05) is 0 Å². The third kappa shape index (κ3) is 3.02. The monoisotopic (exact) mass is 191 g/mol. The molecule has 0 aliphatic heterocycles. The highest BCUT2D eigenvalue weighted by molar-refractivity contribution is 5.98. The standard InChI is InChI=1S/C10H13NOSi/c11-8-4-7-10(12-13)9-5-2-1-3-6-9/h1-3,5-6,10H,4,7H2,13H3. The van der Waals surface area contributed by atoms with Gasteiger partial charge in [0.1, 0.15) is 10.5 Å². The molecule has 0 N–H and O–H groups in total. The van der Waals surface area contributed by atoms with Crippen LogP contribution in [0.1, 0.15) is 24.5 Å². The molecule has 0 radical (unpaired) electrons.